The molecule has 1 N–H and O–H groups in total. The van der Waals surface area contributed by atoms with Crippen molar-refractivity contribution in [2.45, 2.75) is 26.3 Å². The van der Waals surface area contributed by atoms with Crippen LogP contribution in [0, 0.1) is 13.8 Å². The van der Waals surface area contributed by atoms with Gasteiger partial charge in [-0.3, -0.25) is 9.69 Å². The zero-order valence-corrected chi connectivity index (χ0v) is 15.0. The molecule has 1 aliphatic heterocycles. The van der Waals surface area contributed by atoms with Crippen molar-refractivity contribution in [1.29, 1.82) is 0 Å². The molecule has 4 nitrogen and oxygen atoms in total. The molecule has 4 heteroatoms. The van der Waals surface area contributed by atoms with Crippen LogP contribution in [0.1, 0.15) is 16.7 Å². The van der Waals surface area contributed by atoms with E-state index in [9.17, 15) is 9.90 Å². The van der Waals surface area contributed by atoms with Gasteiger partial charge < -0.3 is 10.0 Å². The zero-order valence-electron chi connectivity index (χ0n) is 15.0. The molecule has 0 aliphatic carbocycles. The molecule has 0 amide bonds. The molecule has 3 rings (SSSR count). The molecule has 2 aromatic carbocycles. The molecule has 1 saturated heterocycles. The molecule has 0 aromatic heterocycles. The Hall–Kier alpha value is -2.33. The minimum atomic E-state index is -0.728. The molecule has 1 unspecified atom stereocenters. The van der Waals surface area contributed by atoms with Crippen LogP contribution in [0.5, 0.6) is 0 Å². The van der Waals surface area contributed by atoms with Gasteiger partial charge in [0.1, 0.15) is 6.04 Å². The third-order valence-corrected chi connectivity index (χ3v) is 5.29. The zero-order chi connectivity index (χ0) is 17.8. The van der Waals surface area contributed by atoms with Gasteiger partial charge in [-0.05, 0) is 49.1 Å². The number of aryl methyl sites for hydroxylation is 1. The van der Waals surface area contributed by atoms with E-state index in [4.69, 9.17) is 0 Å². The maximum Gasteiger partial charge on any atom is 0.321 e. The summed E-state index contributed by atoms with van der Waals surface area (Å²) in [6.07, 6.45) is 0.564. The predicted octanol–water partition coefficient (Wildman–Crippen LogP) is 3.12. The molecular formula is C21H26N2O2. The fourth-order valence-electron chi connectivity index (χ4n) is 3.54. The number of carboxylic acids is 1. The van der Waals surface area contributed by atoms with E-state index in [1.54, 1.807) is 0 Å². The lowest BCUT2D eigenvalue weighted by molar-refractivity contribution is -0.143. The molecule has 25 heavy (non-hydrogen) atoms. The first-order chi connectivity index (χ1) is 12.1. The topological polar surface area (TPSA) is 43.8 Å². The number of hydrogen-bond donors (Lipinski definition) is 1. The van der Waals surface area contributed by atoms with Crippen LogP contribution in [0.4, 0.5) is 5.69 Å². The van der Waals surface area contributed by atoms with Crippen LogP contribution in [0.2, 0.25) is 0 Å². The van der Waals surface area contributed by atoms with Crippen molar-refractivity contribution in [2.24, 2.45) is 0 Å². The fraction of sp³-hybridized carbons (Fsp3) is 0.381. The number of carbonyl (C=O) groups is 1. The maximum atomic E-state index is 11.9. The van der Waals surface area contributed by atoms with Gasteiger partial charge in [-0.2, -0.15) is 0 Å². The Labute approximate surface area is 149 Å². The number of nitrogens with zero attached hydrogens (tertiary/aromatic N) is 2. The number of piperazine rings is 1. The monoisotopic (exact) mass is 338 g/mol. The third-order valence-electron chi connectivity index (χ3n) is 5.29. The summed E-state index contributed by atoms with van der Waals surface area (Å²) in [5, 5.41) is 9.77. The summed E-state index contributed by atoms with van der Waals surface area (Å²) >= 11 is 0. The summed E-state index contributed by atoms with van der Waals surface area (Å²) in [7, 11) is 0. The van der Waals surface area contributed by atoms with E-state index < -0.39 is 12.0 Å². The molecule has 0 radical (unpaired) electrons. The lowest BCUT2D eigenvalue weighted by Crippen LogP contribution is -2.53. The Morgan fingerprint density at radius 3 is 2.32 bits per heavy atom. The number of rotatable bonds is 5. The van der Waals surface area contributed by atoms with Gasteiger partial charge in [0, 0.05) is 31.9 Å². The van der Waals surface area contributed by atoms with Crippen molar-refractivity contribution in [1.82, 2.24) is 4.90 Å². The number of carboxylic acid groups (broad SMARTS) is 1. The van der Waals surface area contributed by atoms with Crippen LogP contribution in [-0.2, 0) is 11.2 Å². The summed E-state index contributed by atoms with van der Waals surface area (Å²) in [6, 6.07) is 16.0. The Morgan fingerprint density at radius 2 is 1.68 bits per heavy atom. The van der Waals surface area contributed by atoms with E-state index in [-0.39, 0.29) is 0 Å². The van der Waals surface area contributed by atoms with Crippen LogP contribution in [0.15, 0.2) is 48.5 Å². The van der Waals surface area contributed by atoms with Crippen LogP contribution in [0.25, 0.3) is 0 Å². The second-order valence-electron chi connectivity index (χ2n) is 6.78. The Bertz CT molecular complexity index is 722. The van der Waals surface area contributed by atoms with Crippen LogP contribution in [0.3, 0.4) is 0 Å². The molecule has 0 spiro atoms. The molecule has 1 aliphatic rings. The van der Waals surface area contributed by atoms with Crippen molar-refractivity contribution < 1.29 is 9.90 Å². The van der Waals surface area contributed by atoms with Crippen molar-refractivity contribution in [3.8, 4) is 0 Å². The van der Waals surface area contributed by atoms with Gasteiger partial charge >= 0.3 is 5.97 Å². The molecular weight excluding hydrogens is 312 g/mol. The van der Waals surface area contributed by atoms with E-state index in [1.165, 1.54) is 16.8 Å². The van der Waals surface area contributed by atoms with Gasteiger partial charge in [-0.25, -0.2) is 0 Å². The van der Waals surface area contributed by atoms with Gasteiger partial charge in [0.05, 0.1) is 0 Å². The second-order valence-corrected chi connectivity index (χ2v) is 6.78. The maximum absolute atomic E-state index is 11.9. The molecule has 1 fully saturated rings. The predicted molar refractivity (Wildman–Crippen MR) is 101 cm³/mol. The summed E-state index contributed by atoms with van der Waals surface area (Å²) in [4.78, 5) is 16.3. The highest BCUT2D eigenvalue weighted by Crippen LogP contribution is 2.20. The lowest BCUT2D eigenvalue weighted by Gasteiger charge is -2.39. The van der Waals surface area contributed by atoms with Gasteiger partial charge in [-0.15, -0.1) is 0 Å². The van der Waals surface area contributed by atoms with Gasteiger partial charge in [0.2, 0.25) is 0 Å². The quantitative estimate of drug-likeness (QED) is 0.910. The first kappa shape index (κ1) is 17.5. The molecule has 2 aromatic rings. The summed E-state index contributed by atoms with van der Waals surface area (Å²) in [6.45, 7) is 7.43. The highest BCUT2D eigenvalue weighted by Gasteiger charge is 2.29. The Morgan fingerprint density at radius 1 is 1.00 bits per heavy atom. The van der Waals surface area contributed by atoms with Crippen LogP contribution < -0.4 is 4.90 Å². The molecule has 132 valence electrons. The van der Waals surface area contributed by atoms with Crippen molar-refractivity contribution in [3.63, 3.8) is 0 Å². The third kappa shape index (κ3) is 4.02. The highest BCUT2D eigenvalue weighted by atomic mass is 16.4. The van der Waals surface area contributed by atoms with Gasteiger partial charge in [-0.1, -0.05) is 36.4 Å². The highest BCUT2D eigenvalue weighted by molar-refractivity contribution is 5.74. The van der Waals surface area contributed by atoms with E-state index in [1.807, 2.05) is 24.3 Å². The van der Waals surface area contributed by atoms with Crippen LogP contribution >= 0.6 is 0 Å². The van der Waals surface area contributed by atoms with Crippen molar-refractivity contribution >= 4 is 11.7 Å². The Balaban J connectivity index is 1.68. The summed E-state index contributed by atoms with van der Waals surface area (Å²) in [5.41, 5.74) is 4.77. The molecule has 0 saturated carbocycles. The van der Waals surface area contributed by atoms with Crippen LogP contribution in [-0.4, -0.2) is 48.2 Å². The van der Waals surface area contributed by atoms with E-state index in [0.29, 0.717) is 6.42 Å². The minimum absolute atomic E-state index is 0.460. The smallest absolute Gasteiger partial charge is 0.321 e. The average Bonchev–Trinajstić information content (AvgIpc) is 2.63. The number of aliphatic carboxylic acids is 1. The standard InChI is InChI=1S/C21H26N2O2/c1-16-7-6-8-18(17(16)2)15-20(21(24)25)23-13-11-22(12-14-23)19-9-4-3-5-10-19/h3-10,20H,11-15H2,1-2H3,(H,24,25). The van der Waals surface area contributed by atoms with Gasteiger partial charge in [0.15, 0.2) is 0 Å². The largest absolute Gasteiger partial charge is 0.480 e. The first-order valence-electron chi connectivity index (χ1n) is 8.88. The second kappa shape index (κ2) is 7.70. The first-order valence-corrected chi connectivity index (χ1v) is 8.88. The number of benzene rings is 2. The fourth-order valence-corrected chi connectivity index (χ4v) is 3.54. The number of para-hydroxylation sites is 1. The normalized spacial score (nSPS) is 16.6. The Kier molecular flexibility index (Phi) is 5.39. The van der Waals surface area contributed by atoms with E-state index >= 15 is 0 Å². The summed E-state index contributed by atoms with van der Waals surface area (Å²) < 4.78 is 0. The van der Waals surface area contributed by atoms with Crippen molar-refractivity contribution in [3.05, 3.63) is 65.2 Å². The average molecular weight is 338 g/mol. The minimum Gasteiger partial charge on any atom is -0.480 e. The summed E-state index contributed by atoms with van der Waals surface area (Å²) in [5.74, 6) is -0.728. The lowest BCUT2D eigenvalue weighted by atomic mass is 9.96. The van der Waals surface area contributed by atoms with Gasteiger partial charge in [0.25, 0.3) is 0 Å². The van der Waals surface area contributed by atoms with E-state index in [2.05, 4.69) is 47.9 Å². The molecule has 1 heterocycles. The molecule has 0 bridgehead atoms. The number of anilines is 1. The number of hydrogen-bond acceptors (Lipinski definition) is 3. The SMILES string of the molecule is Cc1cccc(CC(C(=O)O)N2CCN(c3ccccc3)CC2)c1C. The molecule has 1 atom stereocenters. The van der Waals surface area contributed by atoms with E-state index in [0.717, 1.165) is 31.7 Å². The van der Waals surface area contributed by atoms with Crippen molar-refractivity contribution in [2.75, 3.05) is 31.1 Å².